The van der Waals surface area contributed by atoms with E-state index in [0.29, 0.717) is 24.5 Å². The molecule has 4 N–H and O–H groups in total. The van der Waals surface area contributed by atoms with Crippen molar-refractivity contribution < 1.29 is 9.59 Å². The number of aromatic amines is 1. The van der Waals surface area contributed by atoms with E-state index in [4.69, 9.17) is 0 Å². The van der Waals surface area contributed by atoms with Crippen molar-refractivity contribution in [3.05, 3.63) is 47.0 Å². The highest BCUT2D eigenvalue weighted by Gasteiger charge is 2.03. The fourth-order valence-electron chi connectivity index (χ4n) is 1.81. The topological polar surface area (TPSA) is 116 Å². The van der Waals surface area contributed by atoms with Gasteiger partial charge in [0.1, 0.15) is 0 Å². The maximum atomic E-state index is 11.7. The van der Waals surface area contributed by atoms with Gasteiger partial charge in [-0.2, -0.15) is 0 Å². The number of carbonyl (C=O) groups is 2. The smallest absolute Gasteiger partial charge is 0.319 e. The molecule has 0 aliphatic heterocycles. The normalized spacial score (nSPS) is 9.96. The average molecular weight is 315 g/mol. The van der Waals surface area contributed by atoms with Crippen LogP contribution in [0.2, 0.25) is 0 Å². The lowest BCUT2D eigenvalue weighted by molar-refractivity contribution is -0.118. The summed E-state index contributed by atoms with van der Waals surface area (Å²) in [6.07, 6.45) is 2.74. The molecule has 120 valence electrons. The Bertz CT molecular complexity index is 719. The van der Waals surface area contributed by atoms with Crippen LogP contribution < -0.4 is 21.5 Å². The Balaban J connectivity index is 1.87. The van der Waals surface area contributed by atoms with Crippen LogP contribution in [-0.4, -0.2) is 35.0 Å². The minimum absolute atomic E-state index is 0.140. The Morgan fingerprint density at radius 3 is 2.43 bits per heavy atom. The van der Waals surface area contributed by atoms with Gasteiger partial charge in [0.2, 0.25) is 5.91 Å². The van der Waals surface area contributed by atoms with Gasteiger partial charge in [0.25, 0.3) is 5.56 Å². The summed E-state index contributed by atoms with van der Waals surface area (Å²) in [6.45, 7) is 2.13. The molecule has 0 fully saturated rings. The fourth-order valence-corrected chi connectivity index (χ4v) is 1.81. The van der Waals surface area contributed by atoms with Crippen molar-refractivity contribution in [2.45, 2.75) is 6.92 Å². The molecule has 0 spiro atoms. The minimum atomic E-state index is -0.356. The van der Waals surface area contributed by atoms with Crippen molar-refractivity contribution in [1.82, 2.24) is 20.6 Å². The van der Waals surface area contributed by atoms with Crippen LogP contribution in [0.25, 0.3) is 11.3 Å². The molecule has 1 heterocycles. The molecule has 0 atom stereocenters. The van der Waals surface area contributed by atoms with Gasteiger partial charge in [-0.1, -0.05) is 12.1 Å². The first-order chi connectivity index (χ1) is 11.0. The molecule has 0 bridgehead atoms. The maximum Gasteiger partial charge on any atom is 0.319 e. The number of amides is 3. The van der Waals surface area contributed by atoms with Gasteiger partial charge in [0.05, 0.1) is 11.9 Å². The Morgan fingerprint density at radius 1 is 1.13 bits per heavy atom. The third-order valence-electron chi connectivity index (χ3n) is 2.90. The molecule has 0 aliphatic carbocycles. The van der Waals surface area contributed by atoms with Crippen molar-refractivity contribution in [1.29, 1.82) is 0 Å². The molecule has 2 aromatic rings. The van der Waals surface area contributed by atoms with E-state index >= 15 is 0 Å². The SMILES string of the molecule is CC(=O)NCCNC(=O)Nc1ccc(-c2c[nH]c(=O)cn2)cc1. The van der Waals surface area contributed by atoms with Crippen molar-refractivity contribution in [3.8, 4) is 11.3 Å². The van der Waals surface area contributed by atoms with Gasteiger partial charge in [0.15, 0.2) is 0 Å². The summed E-state index contributed by atoms with van der Waals surface area (Å²) in [6, 6.07) is 6.68. The van der Waals surface area contributed by atoms with Gasteiger partial charge in [-0.25, -0.2) is 9.78 Å². The van der Waals surface area contributed by atoms with E-state index in [9.17, 15) is 14.4 Å². The quantitative estimate of drug-likeness (QED) is 0.608. The largest absolute Gasteiger partial charge is 0.355 e. The molecule has 2 rings (SSSR count). The molecule has 0 radical (unpaired) electrons. The maximum absolute atomic E-state index is 11.7. The molecule has 3 amide bonds. The monoisotopic (exact) mass is 315 g/mol. The summed E-state index contributed by atoms with van der Waals surface area (Å²) in [7, 11) is 0. The third-order valence-corrected chi connectivity index (χ3v) is 2.90. The molecular weight excluding hydrogens is 298 g/mol. The zero-order valence-electron chi connectivity index (χ0n) is 12.6. The summed E-state index contributed by atoms with van der Waals surface area (Å²) in [5.74, 6) is -0.140. The van der Waals surface area contributed by atoms with Gasteiger partial charge < -0.3 is 20.9 Å². The number of aromatic nitrogens is 2. The van der Waals surface area contributed by atoms with Crippen LogP contribution in [0.15, 0.2) is 41.5 Å². The molecule has 1 aromatic heterocycles. The van der Waals surface area contributed by atoms with E-state index in [1.165, 1.54) is 19.3 Å². The molecule has 1 aromatic carbocycles. The second kappa shape index (κ2) is 7.74. The zero-order chi connectivity index (χ0) is 16.7. The molecule has 0 saturated carbocycles. The average Bonchev–Trinajstić information content (AvgIpc) is 2.53. The summed E-state index contributed by atoms with van der Waals surface area (Å²) in [5.41, 5.74) is 1.81. The standard InChI is InChI=1S/C15H17N5O3/c1-10(21)16-6-7-17-15(23)20-12-4-2-11(3-5-12)13-8-19-14(22)9-18-13/h2-5,8-9H,6-7H2,1H3,(H,16,21)(H,19,22)(H2,17,20,23). The first kappa shape index (κ1) is 16.2. The van der Waals surface area contributed by atoms with E-state index in [0.717, 1.165) is 5.56 Å². The number of urea groups is 1. The number of nitrogens with zero attached hydrogens (tertiary/aromatic N) is 1. The van der Waals surface area contributed by atoms with Crippen LogP contribution in [0.3, 0.4) is 0 Å². The predicted octanol–water partition coefficient (Wildman–Crippen LogP) is 0.694. The number of rotatable bonds is 5. The highest BCUT2D eigenvalue weighted by Crippen LogP contribution is 2.17. The van der Waals surface area contributed by atoms with E-state index in [2.05, 4.69) is 25.9 Å². The summed E-state index contributed by atoms with van der Waals surface area (Å²) >= 11 is 0. The lowest BCUT2D eigenvalue weighted by Gasteiger charge is -2.08. The minimum Gasteiger partial charge on any atom is -0.355 e. The number of carbonyl (C=O) groups excluding carboxylic acids is 2. The summed E-state index contributed by atoms with van der Waals surface area (Å²) in [5, 5.41) is 7.88. The van der Waals surface area contributed by atoms with Crippen molar-refractivity contribution in [2.24, 2.45) is 0 Å². The van der Waals surface area contributed by atoms with E-state index < -0.39 is 0 Å². The van der Waals surface area contributed by atoms with Crippen LogP contribution in [0.5, 0.6) is 0 Å². The van der Waals surface area contributed by atoms with E-state index in [1.54, 1.807) is 24.3 Å². The number of benzene rings is 1. The number of anilines is 1. The van der Waals surface area contributed by atoms with Gasteiger partial charge in [-0.15, -0.1) is 0 Å². The lowest BCUT2D eigenvalue weighted by Crippen LogP contribution is -2.36. The number of hydrogen-bond donors (Lipinski definition) is 4. The molecule has 8 nitrogen and oxygen atoms in total. The Labute approximate surface area is 132 Å². The van der Waals surface area contributed by atoms with Crippen LogP contribution in [0.4, 0.5) is 10.5 Å². The lowest BCUT2D eigenvalue weighted by atomic mass is 10.1. The Morgan fingerprint density at radius 2 is 1.83 bits per heavy atom. The summed E-state index contributed by atoms with van der Waals surface area (Å²) in [4.78, 5) is 39.9. The van der Waals surface area contributed by atoms with Gasteiger partial charge in [0, 0.05) is 37.5 Å². The highest BCUT2D eigenvalue weighted by atomic mass is 16.2. The third kappa shape index (κ3) is 5.27. The van der Waals surface area contributed by atoms with Crippen molar-refractivity contribution >= 4 is 17.6 Å². The fraction of sp³-hybridized carbons (Fsp3) is 0.200. The molecule has 8 heteroatoms. The number of nitrogens with one attached hydrogen (secondary N) is 4. The molecule has 0 unspecified atom stereocenters. The highest BCUT2D eigenvalue weighted by molar-refractivity contribution is 5.89. The number of H-pyrrole nitrogens is 1. The Hall–Kier alpha value is -3.16. The number of hydrogen-bond acceptors (Lipinski definition) is 4. The Kier molecular flexibility index (Phi) is 5.45. The van der Waals surface area contributed by atoms with E-state index in [-0.39, 0.29) is 17.5 Å². The molecule has 23 heavy (non-hydrogen) atoms. The van der Waals surface area contributed by atoms with Crippen LogP contribution in [-0.2, 0) is 4.79 Å². The molecule has 0 aliphatic rings. The molecule has 0 saturated heterocycles. The van der Waals surface area contributed by atoms with Crippen molar-refractivity contribution in [2.75, 3.05) is 18.4 Å². The molecular formula is C15H17N5O3. The van der Waals surface area contributed by atoms with Crippen LogP contribution in [0.1, 0.15) is 6.92 Å². The second-order valence-corrected chi connectivity index (χ2v) is 4.74. The van der Waals surface area contributed by atoms with Crippen molar-refractivity contribution in [3.63, 3.8) is 0 Å². The van der Waals surface area contributed by atoms with Gasteiger partial charge in [-0.05, 0) is 12.1 Å². The summed E-state index contributed by atoms with van der Waals surface area (Å²) < 4.78 is 0. The predicted molar refractivity (Wildman–Crippen MR) is 86.0 cm³/mol. The second-order valence-electron chi connectivity index (χ2n) is 4.74. The van der Waals surface area contributed by atoms with Crippen LogP contribution >= 0.6 is 0 Å². The van der Waals surface area contributed by atoms with E-state index in [1.807, 2.05) is 0 Å². The zero-order valence-corrected chi connectivity index (χ0v) is 12.6. The van der Waals surface area contributed by atoms with Crippen LogP contribution in [0, 0.1) is 0 Å². The van der Waals surface area contributed by atoms with Gasteiger partial charge in [-0.3, -0.25) is 9.59 Å². The first-order valence-electron chi connectivity index (χ1n) is 6.99. The van der Waals surface area contributed by atoms with Gasteiger partial charge >= 0.3 is 6.03 Å². The first-order valence-corrected chi connectivity index (χ1v) is 6.99.